The summed E-state index contributed by atoms with van der Waals surface area (Å²) in [7, 11) is 0. The second kappa shape index (κ2) is 6.73. The van der Waals surface area contributed by atoms with E-state index in [1.165, 1.54) is 0 Å². The van der Waals surface area contributed by atoms with Crippen LogP contribution in [0.3, 0.4) is 0 Å². The summed E-state index contributed by atoms with van der Waals surface area (Å²) in [6, 6.07) is 5.80. The first-order valence-corrected chi connectivity index (χ1v) is 7.78. The molecule has 1 amide bonds. The lowest BCUT2D eigenvalue weighted by Gasteiger charge is -2.34. The summed E-state index contributed by atoms with van der Waals surface area (Å²) in [5.74, 6) is 0.0284. The van der Waals surface area contributed by atoms with Gasteiger partial charge in [0.2, 0.25) is 0 Å². The number of amides is 1. The fourth-order valence-electron chi connectivity index (χ4n) is 2.51. The molecule has 1 aliphatic heterocycles. The zero-order chi connectivity index (χ0) is 13.8. The SMILES string of the molecule is CCN(C(=O)c1cccc(Br)c1Cl)C1CCNCC1. The molecular weight excluding hydrogens is 328 g/mol. The van der Waals surface area contributed by atoms with Gasteiger partial charge in [0, 0.05) is 17.1 Å². The Hall–Kier alpha value is -0.580. The number of piperidine rings is 1. The van der Waals surface area contributed by atoms with E-state index in [4.69, 9.17) is 11.6 Å². The molecule has 1 saturated heterocycles. The molecule has 1 aromatic rings. The Morgan fingerprint density at radius 1 is 1.47 bits per heavy atom. The van der Waals surface area contributed by atoms with E-state index in [1.54, 1.807) is 6.07 Å². The van der Waals surface area contributed by atoms with Crippen molar-refractivity contribution < 1.29 is 4.79 Å². The van der Waals surface area contributed by atoms with Crippen LogP contribution in [-0.2, 0) is 0 Å². The van der Waals surface area contributed by atoms with Crippen LogP contribution < -0.4 is 5.32 Å². The number of halogens is 2. The molecule has 1 N–H and O–H groups in total. The van der Waals surface area contributed by atoms with Crippen LogP contribution in [-0.4, -0.2) is 36.5 Å². The minimum Gasteiger partial charge on any atom is -0.336 e. The second-order valence-electron chi connectivity index (χ2n) is 4.67. The van der Waals surface area contributed by atoms with Crippen LogP contribution in [0.25, 0.3) is 0 Å². The van der Waals surface area contributed by atoms with Crippen molar-refractivity contribution in [3.63, 3.8) is 0 Å². The topological polar surface area (TPSA) is 32.3 Å². The van der Waals surface area contributed by atoms with Gasteiger partial charge in [0.15, 0.2) is 0 Å². The highest BCUT2D eigenvalue weighted by atomic mass is 79.9. The fraction of sp³-hybridized carbons (Fsp3) is 0.500. The summed E-state index contributed by atoms with van der Waals surface area (Å²) in [4.78, 5) is 14.6. The standard InChI is InChI=1S/C14H18BrClN2O/c1-2-18(10-6-8-17-9-7-10)14(19)11-4-3-5-12(15)13(11)16/h3-5,10,17H,2,6-9H2,1H3. The van der Waals surface area contributed by atoms with Crippen molar-refractivity contribution in [2.75, 3.05) is 19.6 Å². The van der Waals surface area contributed by atoms with E-state index >= 15 is 0 Å². The molecule has 1 heterocycles. The number of benzene rings is 1. The maximum Gasteiger partial charge on any atom is 0.255 e. The molecule has 0 bridgehead atoms. The van der Waals surface area contributed by atoms with E-state index in [1.807, 2.05) is 24.0 Å². The molecule has 2 rings (SSSR count). The number of nitrogens with zero attached hydrogens (tertiary/aromatic N) is 1. The normalized spacial score (nSPS) is 16.4. The first kappa shape index (κ1) is 14.8. The van der Waals surface area contributed by atoms with E-state index in [0.29, 0.717) is 23.2 Å². The predicted octanol–water partition coefficient (Wildman–Crippen LogP) is 3.32. The van der Waals surface area contributed by atoms with Gasteiger partial charge in [-0.2, -0.15) is 0 Å². The van der Waals surface area contributed by atoms with Crippen LogP contribution >= 0.6 is 27.5 Å². The molecule has 0 aromatic heterocycles. The van der Waals surface area contributed by atoms with Gasteiger partial charge in [-0.3, -0.25) is 4.79 Å². The lowest BCUT2D eigenvalue weighted by atomic mass is 10.0. The zero-order valence-electron chi connectivity index (χ0n) is 11.0. The summed E-state index contributed by atoms with van der Waals surface area (Å²) in [6.45, 7) is 4.68. The Morgan fingerprint density at radius 2 is 2.16 bits per heavy atom. The first-order chi connectivity index (χ1) is 9.15. The number of hydrogen-bond acceptors (Lipinski definition) is 2. The summed E-state index contributed by atoms with van der Waals surface area (Å²) in [5.41, 5.74) is 0.580. The number of rotatable bonds is 3. The number of carbonyl (C=O) groups excluding carboxylic acids is 1. The number of carbonyl (C=O) groups is 1. The Labute approximate surface area is 127 Å². The van der Waals surface area contributed by atoms with E-state index in [-0.39, 0.29) is 5.91 Å². The molecule has 0 spiro atoms. The summed E-state index contributed by atoms with van der Waals surface area (Å²) >= 11 is 9.59. The molecule has 1 aromatic carbocycles. The molecule has 1 aliphatic rings. The van der Waals surface area contributed by atoms with Crippen molar-refractivity contribution in [2.24, 2.45) is 0 Å². The molecule has 19 heavy (non-hydrogen) atoms. The molecule has 1 fully saturated rings. The average Bonchev–Trinajstić information content (AvgIpc) is 2.44. The van der Waals surface area contributed by atoms with E-state index in [2.05, 4.69) is 21.2 Å². The summed E-state index contributed by atoms with van der Waals surface area (Å²) < 4.78 is 0.765. The average molecular weight is 346 g/mol. The first-order valence-electron chi connectivity index (χ1n) is 6.60. The van der Waals surface area contributed by atoms with Crippen LogP contribution in [0.5, 0.6) is 0 Å². The van der Waals surface area contributed by atoms with Crippen LogP contribution in [0.4, 0.5) is 0 Å². The summed E-state index contributed by atoms with van der Waals surface area (Å²) in [5, 5.41) is 3.82. The minimum atomic E-state index is 0.0284. The lowest BCUT2D eigenvalue weighted by molar-refractivity contribution is 0.0656. The van der Waals surface area contributed by atoms with Gasteiger partial charge in [0.25, 0.3) is 5.91 Å². The highest BCUT2D eigenvalue weighted by molar-refractivity contribution is 9.10. The zero-order valence-corrected chi connectivity index (χ0v) is 13.3. The van der Waals surface area contributed by atoms with Crippen LogP contribution in [0.15, 0.2) is 22.7 Å². The Morgan fingerprint density at radius 3 is 2.79 bits per heavy atom. The second-order valence-corrected chi connectivity index (χ2v) is 5.91. The maximum absolute atomic E-state index is 12.6. The van der Waals surface area contributed by atoms with Gasteiger partial charge in [-0.05, 0) is 60.9 Å². The van der Waals surface area contributed by atoms with E-state index < -0.39 is 0 Å². The van der Waals surface area contributed by atoms with Gasteiger partial charge in [0.1, 0.15) is 0 Å². The third-order valence-electron chi connectivity index (χ3n) is 3.53. The molecule has 0 aliphatic carbocycles. The van der Waals surface area contributed by atoms with E-state index in [9.17, 15) is 4.79 Å². The molecule has 0 radical (unpaired) electrons. The summed E-state index contributed by atoms with van der Waals surface area (Å²) in [6.07, 6.45) is 2.01. The van der Waals surface area contributed by atoms with Gasteiger partial charge >= 0.3 is 0 Å². The van der Waals surface area contributed by atoms with Crippen LogP contribution in [0, 0.1) is 0 Å². The largest absolute Gasteiger partial charge is 0.336 e. The maximum atomic E-state index is 12.6. The van der Waals surface area contributed by atoms with Gasteiger partial charge in [-0.25, -0.2) is 0 Å². The van der Waals surface area contributed by atoms with E-state index in [0.717, 1.165) is 30.4 Å². The Kier molecular flexibility index (Phi) is 5.25. The molecule has 3 nitrogen and oxygen atoms in total. The van der Waals surface area contributed by atoms with Gasteiger partial charge in [0.05, 0.1) is 10.6 Å². The van der Waals surface area contributed by atoms with Crippen LogP contribution in [0.2, 0.25) is 5.02 Å². The number of hydrogen-bond donors (Lipinski definition) is 1. The smallest absolute Gasteiger partial charge is 0.255 e. The fourth-order valence-corrected chi connectivity index (χ4v) is 3.08. The minimum absolute atomic E-state index is 0.0284. The Bertz CT molecular complexity index is 461. The third kappa shape index (κ3) is 3.30. The van der Waals surface area contributed by atoms with Gasteiger partial charge in [-0.15, -0.1) is 0 Å². The molecule has 5 heteroatoms. The molecule has 0 atom stereocenters. The Balaban J connectivity index is 2.22. The number of nitrogens with one attached hydrogen (secondary N) is 1. The molecule has 0 saturated carbocycles. The molecular formula is C14H18BrClN2O. The monoisotopic (exact) mass is 344 g/mol. The van der Waals surface area contributed by atoms with Crippen molar-refractivity contribution in [3.05, 3.63) is 33.3 Å². The van der Waals surface area contributed by atoms with Gasteiger partial charge < -0.3 is 10.2 Å². The van der Waals surface area contributed by atoms with Gasteiger partial charge in [-0.1, -0.05) is 17.7 Å². The molecule has 0 unspecified atom stereocenters. The van der Waals surface area contributed by atoms with Crippen molar-refractivity contribution in [1.29, 1.82) is 0 Å². The van der Waals surface area contributed by atoms with Crippen molar-refractivity contribution in [3.8, 4) is 0 Å². The molecule has 104 valence electrons. The van der Waals surface area contributed by atoms with Crippen molar-refractivity contribution in [2.45, 2.75) is 25.8 Å². The highest BCUT2D eigenvalue weighted by Crippen LogP contribution is 2.28. The van der Waals surface area contributed by atoms with Crippen molar-refractivity contribution >= 4 is 33.4 Å². The van der Waals surface area contributed by atoms with Crippen molar-refractivity contribution in [1.82, 2.24) is 10.2 Å². The predicted molar refractivity (Wildman–Crippen MR) is 81.8 cm³/mol. The van der Waals surface area contributed by atoms with Crippen LogP contribution in [0.1, 0.15) is 30.1 Å². The highest BCUT2D eigenvalue weighted by Gasteiger charge is 2.26. The third-order valence-corrected chi connectivity index (χ3v) is 4.83. The lowest BCUT2D eigenvalue weighted by Crippen LogP contribution is -2.46. The quantitative estimate of drug-likeness (QED) is 0.911.